The van der Waals surface area contributed by atoms with Crippen molar-refractivity contribution in [3.63, 3.8) is 0 Å². The highest BCUT2D eigenvalue weighted by atomic mass is 16.3. The lowest BCUT2D eigenvalue weighted by molar-refractivity contribution is 0.482. The fourth-order valence-corrected chi connectivity index (χ4v) is 2.72. The van der Waals surface area contributed by atoms with Gasteiger partial charge in [-0.15, -0.1) is 0 Å². The van der Waals surface area contributed by atoms with Gasteiger partial charge in [-0.25, -0.2) is 0 Å². The van der Waals surface area contributed by atoms with Crippen LogP contribution >= 0.6 is 0 Å². The van der Waals surface area contributed by atoms with Gasteiger partial charge in [0.15, 0.2) is 0 Å². The first kappa shape index (κ1) is 10.8. The largest absolute Gasteiger partial charge is 0.507 e. The predicted molar refractivity (Wildman–Crippen MR) is 78.5 cm³/mol. The molecular weight excluding hydrogens is 220 g/mol. The van der Waals surface area contributed by atoms with Gasteiger partial charge in [-0.05, 0) is 27.6 Å². The maximum Gasteiger partial charge on any atom is 0.123 e. The summed E-state index contributed by atoms with van der Waals surface area (Å²) < 4.78 is 0. The van der Waals surface area contributed by atoms with Gasteiger partial charge in [0.05, 0.1) is 0 Å². The molecule has 0 heterocycles. The average molecular weight is 234 g/mol. The fourth-order valence-electron chi connectivity index (χ4n) is 2.72. The van der Waals surface area contributed by atoms with E-state index in [0.717, 1.165) is 5.39 Å². The SMILES string of the molecule is C.Oc1ccc2ccc3cccc4ccc1c2c34. The molecule has 4 aromatic carbocycles. The van der Waals surface area contributed by atoms with E-state index in [0.29, 0.717) is 5.75 Å². The number of rotatable bonds is 0. The molecule has 0 aromatic heterocycles. The van der Waals surface area contributed by atoms with Crippen LogP contribution in [0.2, 0.25) is 0 Å². The van der Waals surface area contributed by atoms with E-state index in [1.807, 2.05) is 12.1 Å². The second-order valence-corrected chi connectivity index (χ2v) is 4.44. The quantitative estimate of drug-likeness (QED) is 0.428. The van der Waals surface area contributed by atoms with Gasteiger partial charge in [-0.1, -0.05) is 56.0 Å². The van der Waals surface area contributed by atoms with E-state index >= 15 is 0 Å². The first-order valence-electron chi connectivity index (χ1n) is 5.70. The Balaban J connectivity index is 0.000001000. The minimum absolute atomic E-state index is 0. The first-order chi connectivity index (χ1) is 8.34. The van der Waals surface area contributed by atoms with Gasteiger partial charge in [0.25, 0.3) is 0 Å². The van der Waals surface area contributed by atoms with Crippen molar-refractivity contribution in [1.29, 1.82) is 0 Å². The van der Waals surface area contributed by atoms with E-state index in [2.05, 4.69) is 36.4 Å². The van der Waals surface area contributed by atoms with Crippen molar-refractivity contribution >= 4 is 32.3 Å². The molecule has 0 amide bonds. The van der Waals surface area contributed by atoms with Gasteiger partial charge in [0.2, 0.25) is 0 Å². The zero-order chi connectivity index (χ0) is 11.4. The van der Waals surface area contributed by atoms with E-state index < -0.39 is 0 Å². The third-order valence-electron chi connectivity index (χ3n) is 3.51. The molecule has 88 valence electrons. The van der Waals surface area contributed by atoms with Gasteiger partial charge in [-0.2, -0.15) is 0 Å². The van der Waals surface area contributed by atoms with Gasteiger partial charge in [0.1, 0.15) is 5.75 Å². The third kappa shape index (κ3) is 1.22. The number of benzene rings is 4. The van der Waals surface area contributed by atoms with Crippen molar-refractivity contribution in [2.24, 2.45) is 0 Å². The molecule has 1 N–H and O–H groups in total. The van der Waals surface area contributed by atoms with Crippen molar-refractivity contribution < 1.29 is 5.11 Å². The number of hydrogen-bond acceptors (Lipinski definition) is 1. The van der Waals surface area contributed by atoms with E-state index in [4.69, 9.17) is 0 Å². The zero-order valence-electron chi connectivity index (χ0n) is 9.14. The summed E-state index contributed by atoms with van der Waals surface area (Å²) in [5.74, 6) is 0.357. The lowest BCUT2D eigenvalue weighted by Crippen LogP contribution is -1.83. The van der Waals surface area contributed by atoms with Crippen molar-refractivity contribution in [2.75, 3.05) is 0 Å². The van der Waals surface area contributed by atoms with Crippen LogP contribution in [0, 0.1) is 0 Å². The summed E-state index contributed by atoms with van der Waals surface area (Å²) >= 11 is 0. The summed E-state index contributed by atoms with van der Waals surface area (Å²) in [7, 11) is 0. The minimum Gasteiger partial charge on any atom is -0.507 e. The summed E-state index contributed by atoms with van der Waals surface area (Å²) in [6.45, 7) is 0. The number of hydrogen-bond donors (Lipinski definition) is 1. The highest BCUT2D eigenvalue weighted by Crippen LogP contribution is 2.37. The molecule has 4 aromatic rings. The molecule has 1 heteroatoms. The molecule has 18 heavy (non-hydrogen) atoms. The van der Waals surface area contributed by atoms with E-state index in [1.165, 1.54) is 26.9 Å². The maximum atomic E-state index is 9.95. The molecule has 0 bridgehead atoms. The predicted octanol–water partition coefficient (Wildman–Crippen LogP) is 4.93. The molecule has 0 unspecified atom stereocenters. The minimum atomic E-state index is 0. The van der Waals surface area contributed by atoms with E-state index in [-0.39, 0.29) is 7.43 Å². The number of aromatic hydroxyl groups is 1. The Kier molecular flexibility index (Phi) is 2.17. The van der Waals surface area contributed by atoms with E-state index in [9.17, 15) is 5.11 Å². The second kappa shape index (κ2) is 3.61. The van der Waals surface area contributed by atoms with E-state index in [1.54, 1.807) is 6.07 Å². The summed E-state index contributed by atoms with van der Waals surface area (Å²) in [4.78, 5) is 0. The average Bonchev–Trinajstić information content (AvgIpc) is 2.38. The Bertz CT molecular complexity index is 830. The molecule has 0 fully saturated rings. The molecule has 0 aliphatic carbocycles. The summed E-state index contributed by atoms with van der Waals surface area (Å²) in [5, 5.41) is 16.9. The van der Waals surface area contributed by atoms with Crippen LogP contribution in [0.1, 0.15) is 7.43 Å². The van der Waals surface area contributed by atoms with Crippen molar-refractivity contribution in [1.82, 2.24) is 0 Å². The topological polar surface area (TPSA) is 20.2 Å². The molecule has 0 spiro atoms. The smallest absolute Gasteiger partial charge is 0.123 e. The van der Waals surface area contributed by atoms with Gasteiger partial charge in [-0.3, -0.25) is 0 Å². The van der Waals surface area contributed by atoms with Crippen LogP contribution in [0.5, 0.6) is 5.75 Å². The molecule has 0 saturated carbocycles. The fraction of sp³-hybridized carbons (Fsp3) is 0.0588. The third-order valence-corrected chi connectivity index (χ3v) is 3.51. The van der Waals surface area contributed by atoms with Crippen LogP contribution in [-0.4, -0.2) is 5.11 Å². The Labute approximate surface area is 106 Å². The second-order valence-electron chi connectivity index (χ2n) is 4.44. The Morgan fingerprint density at radius 1 is 0.611 bits per heavy atom. The number of phenols is 1. The molecule has 0 radical (unpaired) electrons. The van der Waals surface area contributed by atoms with Crippen molar-refractivity contribution in [2.45, 2.75) is 7.43 Å². The van der Waals surface area contributed by atoms with Crippen LogP contribution < -0.4 is 0 Å². The van der Waals surface area contributed by atoms with Crippen LogP contribution in [0.25, 0.3) is 32.3 Å². The molecule has 1 nitrogen and oxygen atoms in total. The Morgan fingerprint density at radius 2 is 1.17 bits per heavy atom. The van der Waals surface area contributed by atoms with Crippen molar-refractivity contribution in [3.05, 3.63) is 54.6 Å². The molecular formula is C17H14O. The summed E-state index contributed by atoms with van der Waals surface area (Å²) in [6, 6.07) is 18.4. The summed E-state index contributed by atoms with van der Waals surface area (Å²) in [6.07, 6.45) is 0. The van der Waals surface area contributed by atoms with Gasteiger partial charge >= 0.3 is 0 Å². The van der Waals surface area contributed by atoms with Crippen LogP contribution in [0.15, 0.2) is 54.6 Å². The normalized spacial score (nSPS) is 11.1. The molecule has 0 saturated heterocycles. The molecule has 0 aliphatic heterocycles. The Hall–Kier alpha value is -2.28. The van der Waals surface area contributed by atoms with Crippen LogP contribution in [0.4, 0.5) is 0 Å². The monoisotopic (exact) mass is 234 g/mol. The summed E-state index contributed by atoms with van der Waals surface area (Å²) in [5.41, 5.74) is 0. The molecule has 0 aliphatic rings. The van der Waals surface area contributed by atoms with Crippen molar-refractivity contribution in [3.8, 4) is 5.75 Å². The maximum absolute atomic E-state index is 9.95. The zero-order valence-corrected chi connectivity index (χ0v) is 9.14. The van der Waals surface area contributed by atoms with Gasteiger partial charge < -0.3 is 5.11 Å². The highest BCUT2D eigenvalue weighted by Gasteiger charge is 2.09. The van der Waals surface area contributed by atoms with Gasteiger partial charge in [0, 0.05) is 10.8 Å². The van der Waals surface area contributed by atoms with Crippen LogP contribution in [0.3, 0.4) is 0 Å². The lowest BCUT2D eigenvalue weighted by Gasteiger charge is -2.11. The Morgan fingerprint density at radius 3 is 1.89 bits per heavy atom. The van der Waals surface area contributed by atoms with Crippen LogP contribution in [-0.2, 0) is 0 Å². The lowest BCUT2D eigenvalue weighted by atomic mass is 9.94. The first-order valence-corrected chi connectivity index (χ1v) is 5.70. The highest BCUT2D eigenvalue weighted by molar-refractivity contribution is 6.23. The molecule has 0 atom stereocenters. The standard InChI is InChI=1S/C16H10O.CH4/c17-14-9-7-12-5-4-10-2-1-3-11-6-8-13(14)16(12)15(10)11;/h1-9,17H;1H4. The molecule has 4 rings (SSSR count). The number of phenolic OH excluding ortho intramolecular Hbond substituents is 1.